The minimum atomic E-state index is -0.231. The molecule has 5 rings (SSSR count). The monoisotopic (exact) mass is 431 g/mol. The van der Waals surface area contributed by atoms with Crippen LogP contribution in [-0.2, 0) is 11.3 Å². The highest BCUT2D eigenvalue weighted by Gasteiger charge is 2.22. The average Bonchev–Trinajstić information content (AvgIpc) is 3.53. The van der Waals surface area contributed by atoms with E-state index in [2.05, 4.69) is 10.4 Å². The van der Waals surface area contributed by atoms with Crippen molar-refractivity contribution in [1.82, 2.24) is 14.8 Å². The quantitative estimate of drug-likeness (QED) is 0.502. The van der Waals surface area contributed by atoms with Crippen molar-refractivity contribution in [3.8, 4) is 10.6 Å². The highest BCUT2D eigenvalue weighted by atomic mass is 32.1. The van der Waals surface area contributed by atoms with Gasteiger partial charge in [-0.1, -0.05) is 12.1 Å². The first-order valence-electron chi connectivity index (χ1n) is 10.3. The van der Waals surface area contributed by atoms with Crippen LogP contribution in [0.15, 0.2) is 54.0 Å². The fraction of sp³-hybridized carbons (Fsp3) is 0.217. The highest BCUT2D eigenvalue weighted by Crippen LogP contribution is 2.29. The van der Waals surface area contributed by atoms with Crippen LogP contribution in [0.3, 0.4) is 0 Å². The SMILES string of the molecule is CCn1ncc2c(C(=O)Nc3cccc(N4CCCC4=O)c3)cc(-c3cccs3)nc21. The lowest BCUT2D eigenvalue weighted by Crippen LogP contribution is -2.23. The molecule has 0 bridgehead atoms. The van der Waals surface area contributed by atoms with Gasteiger partial charge in [0.15, 0.2) is 5.65 Å². The molecule has 0 saturated carbocycles. The van der Waals surface area contributed by atoms with Crippen LogP contribution in [0.25, 0.3) is 21.6 Å². The molecule has 0 radical (unpaired) electrons. The molecule has 1 saturated heterocycles. The molecule has 0 unspecified atom stereocenters. The Bertz CT molecular complexity index is 1280. The molecule has 0 aliphatic carbocycles. The second kappa shape index (κ2) is 7.96. The summed E-state index contributed by atoms with van der Waals surface area (Å²) in [5.74, 6) is -0.113. The summed E-state index contributed by atoms with van der Waals surface area (Å²) in [5, 5.41) is 10.1. The largest absolute Gasteiger partial charge is 0.322 e. The lowest BCUT2D eigenvalue weighted by molar-refractivity contribution is -0.117. The van der Waals surface area contributed by atoms with Crippen molar-refractivity contribution in [1.29, 1.82) is 0 Å². The number of nitrogens with one attached hydrogen (secondary N) is 1. The first-order chi connectivity index (χ1) is 15.1. The van der Waals surface area contributed by atoms with Gasteiger partial charge in [0.1, 0.15) is 0 Å². The molecule has 1 aliphatic rings. The number of rotatable bonds is 5. The molecule has 4 aromatic rings. The summed E-state index contributed by atoms with van der Waals surface area (Å²) in [7, 11) is 0. The van der Waals surface area contributed by atoms with E-state index < -0.39 is 0 Å². The standard InChI is InChI=1S/C23H21N5O2S/c1-2-28-22-18(14-24-28)17(13-19(26-22)20-8-5-11-31-20)23(30)25-15-6-3-7-16(12-15)27-10-4-9-21(27)29/h3,5-8,11-14H,2,4,9-10H2,1H3,(H,25,30). The van der Waals surface area contributed by atoms with Crippen molar-refractivity contribution in [3.63, 3.8) is 0 Å². The number of carbonyl (C=O) groups is 2. The number of anilines is 2. The van der Waals surface area contributed by atoms with E-state index in [4.69, 9.17) is 4.98 Å². The summed E-state index contributed by atoms with van der Waals surface area (Å²) in [6.07, 6.45) is 3.12. The summed E-state index contributed by atoms with van der Waals surface area (Å²) in [5.41, 5.74) is 3.41. The number of nitrogens with zero attached hydrogens (tertiary/aromatic N) is 4. The van der Waals surface area contributed by atoms with Gasteiger partial charge < -0.3 is 10.2 Å². The molecule has 2 amide bonds. The third-order valence-corrected chi connectivity index (χ3v) is 6.31. The Hall–Kier alpha value is -3.52. The molecule has 8 heteroatoms. The molecule has 1 aliphatic heterocycles. The van der Waals surface area contributed by atoms with Gasteiger partial charge in [-0.25, -0.2) is 9.67 Å². The van der Waals surface area contributed by atoms with Crippen LogP contribution in [0.1, 0.15) is 30.1 Å². The van der Waals surface area contributed by atoms with E-state index in [0.717, 1.165) is 22.7 Å². The zero-order valence-electron chi connectivity index (χ0n) is 17.0. The number of amides is 2. The zero-order valence-corrected chi connectivity index (χ0v) is 17.9. The molecule has 31 heavy (non-hydrogen) atoms. The molecule has 3 aromatic heterocycles. The first-order valence-corrected chi connectivity index (χ1v) is 11.1. The van der Waals surface area contributed by atoms with E-state index in [9.17, 15) is 9.59 Å². The van der Waals surface area contributed by atoms with Gasteiger partial charge in [-0.2, -0.15) is 5.10 Å². The van der Waals surface area contributed by atoms with E-state index in [1.807, 2.05) is 54.8 Å². The second-order valence-electron chi connectivity index (χ2n) is 7.38. The van der Waals surface area contributed by atoms with E-state index in [0.29, 0.717) is 41.8 Å². The lowest BCUT2D eigenvalue weighted by Gasteiger charge is -2.17. The van der Waals surface area contributed by atoms with Crippen LogP contribution >= 0.6 is 11.3 Å². The highest BCUT2D eigenvalue weighted by molar-refractivity contribution is 7.13. The molecule has 4 heterocycles. The fourth-order valence-corrected chi connectivity index (χ4v) is 4.57. The predicted molar refractivity (Wildman–Crippen MR) is 122 cm³/mol. The number of hydrogen-bond acceptors (Lipinski definition) is 5. The summed E-state index contributed by atoms with van der Waals surface area (Å²) < 4.78 is 1.79. The Morgan fingerprint density at radius 1 is 1.23 bits per heavy atom. The van der Waals surface area contributed by atoms with Crippen LogP contribution in [0.5, 0.6) is 0 Å². The molecule has 156 valence electrons. The van der Waals surface area contributed by atoms with Crippen LogP contribution in [0.2, 0.25) is 0 Å². The number of fused-ring (bicyclic) bond motifs is 1. The summed E-state index contributed by atoms with van der Waals surface area (Å²) in [4.78, 5) is 32.9. The molecule has 1 N–H and O–H groups in total. The molecule has 1 aromatic carbocycles. The van der Waals surface area contributed by atoms with E-state index in [1.54, 1.807) is 27.1 Å². The molecule has 0 spiro atoms. The number of benzene rings is 1. The van der Waals surface area contributed by atoms with Gasteiger partial charge in [-0.05, 0) is 49.1 Å². The Labute approximate surface area is 183 Å². The maximum absolute atomic E-state index is 13.3. The fourth-order valence-electron chi connectivity index (χ4n) is 3.89. The summed E-state index contributed by atoms with van der Waals surface area (Å²) in [6, 6.07) is 13.2. The Balaban J connectivity index is 1.51. The molecular formula is C23H21N5O2S. The van der Waals surface area contributed by atoms with Crippen molar-refractivity contribution in [3.05, 3.63) is 59.6 Å². The normalized spacial score (nSPS) is 13.8. The smallest absolute Gasteiger partial charge is 0.256 e. The van der Waals surface area contributed by atoms with Gasteiger partial charge in [0, 0.05) is 30.9 Å². The van der Waals surface area contributed by atoms with E-state index in [-0.39, 0.29) is 11.8 Å². The zero-order chi connectivity index (χ0) is 21.4. The van der Waals surface area contributed by atoms with Gasteiger partial charge in [-0.3, -0.25) is 9.59 Å². The van der Waals surface area contributed by atoms with E-state index >= 15 is 0 Å². The van der Waals surface area contributed by atoms with Crippen molar-refractivity contribution in [2.24, 2.45) is 0 Å². The van der Waals surface area contributed by atoms with Crippen molar-refractivity contribution < 1.29 is 9.59 Å². The van der Waals surface area contributed by atoms with Gasteiger partial charge in [0.05, 0.1) is 27.7 Å². The number of thiophene rings is 1. The second-order valence-corrected chi connectivity index (χ2v) is 8.33. The number of carbonyl (C=O) groups excluding carboxylic acids is 2. The van der Waals surface area contributed by atoms with Crippen LogP contribution < -0.4 is 10.2 Å². The topological polar surface area (TPSA) is 80.1 Å². The third kappa shape index (κ3) is 3.59. The summed E-state index contributed by atoms with van der Waals surface area (Å²) in [6.45, 7) is 3.37. The van der Waals surface area contributed by atoms with Crippen LogP contribution in [-0.4, -0.2) is 33.1 Å². The number of hydrogen-bond donors (Lipinski definition) is 1. The number of aryl methyl sites for hydroxylation is 1. The van der Waals surface area contributed by atoms with Gasteiger partial charge in [0.2, 0.25) is 5.91 Å². The maximum Gasteiger partial charge on any atom is 0.256 e. The summed E-state index contributed by atoms with van der Waals surface area (Å²) >= 11 is 1.58. The van der Waals surface area contributed by atoms with Crippen LogP contribution in [0.4, 0.5) is 11.4 Å². The lowest BCUT2D eigenvalue weighted by atomic mass is 10.1. The minimum absolute atomic E-state index is 0.117. The van der Waals surface area contributed by atoms with Crippen molar-refractivity contribution in [2.75, 3.05) is 16.8 Å². The molecule has 0 atom stereocenters. The Morgan fingerprint density at radius 2 is 2.13 bits per heavy atom. The van der Waals surface area contributed by atoms with Crippen molar-refractivity contribution >= 4 is 45.6 Å². The van der Waals surface area contributed by atoms with Gasteiger partial charge in [0.25, 0.3) is 5.91 Å². The Morgan fingerprint density at radius 3 is 2.87 bits per heavy atom. The van der Waals surface area contributed by atoms with Gasteiger partial charge >= 0.3 is 0 Å². The third-order valence-electron chi connectivity index (χ3n) is 5.42. The number of pyridine rings is 1. The minimum Gasteiger partial charge on any atom is -0.322 e. The van der Waals surface area contributed by atoms with Crippen LogP contribution in [0, 0.1) is 0 Å². The van der Waals surface area contributed by atoms with Crippen molar-refractivity contribution in [2.45, 2.75) is 26.3 Å². The molecule has 7 nitrogen and oxygen atoms in total. The molecular weight excluding hydrogens is 410 g/mol. The number of aromatic nitrogens is 3. The predicted octanol–water partition coefficient (Wildman–Crippen LogP) is 4.56. The first kappa shape index (κ1) is 19.4. The molecule has 1 fully saturated rings. The average molecular weight is 432 g/mol. The van der Waals surface area contributed by atoms with Gasteiger partial charge in [-0.15, -0.1) is 11.3 Å². The van der Waals surface area contributed by atoms with E-state index in [1.165, 1.54) is 0 Å². The Kier molecular flexibility index (Phi) is 4.99. The maximum atomic E-state index is 13.3.